The molecule has 0 aliphatic carbocycles. The van der Waals surface area contributed by atoms with Crippen LogP contribution in [0.5, 0.6) is 11.5 Å². The number of methoxy groups -OCH3 is 1. The number of nitrogens with zero attached hydrogens (tertiary/aromatic N) is 3. The van der Waals surface area contributed by atoms with E-state index in [0.717, 1.165) is 41.6 Å². The van der Waals surface area contributed by atoms with E-state index in [1.807, 2.05) is 48.0 Å². The number of rotatable bonds is 9. The molecule has 3 rings (SSSR count). The molecule has 2 heterocycles. The van der Waals surface area contributed by atoms with Gasteiger partial charge in [-0.3, -0.25) is 9.20 Å². The highest BCUT2D eigenvalue weighted by Crippen LogP contribution is 2.23. The van der Waals surface area contributed by atoms with Crippen LogP contribution in [-0.4, -0.2) is 49.1 Å². The van der Waals surface area contributed by atoms with Gasteiger partial charge in [-0.1, -0.05) is 6.92 Å². The first-order valence-electron chi connectivity index (χ1n) is 9.84. The van der Waals surface area contributed by atoms with Crippen molar-refractivity contribution in [1.82, 2.24) is 14.7 Å². The standard InChI is InChI=1S/C22H28N4O3/c1-5-19-22(25(3)6-2)26-15-16(7-12-20(26)24-19)21(27)23-13-14-29-18-10-8-17(28-4)9-11-18/h7-12,15H,5-6,13-14H2,1-4H3,(H,23,27). The second-order valence-electron chi connectivity index (χ2n) is 6.68. The normalized spacial score (nSPS) is 10.8. The van der Waals surface area contributed by atoms with Crippen molar-refractivity contribution in [2.24, 2.45) is 0 Å². The third-order valence-corrected chi connectivity index (χ3v) is 4.81. The molecule has 3 aromatic rings. The van der Waals surface area contributed by atoms with Crippen molar-refractivity contribution in [1.29, 1.82) is 0 Å². The van der Waals surface area contributed by atoms with E-state index in [4.69, 9.17) is 9.47 Å². The summed E-state index contributed by atoms with van der Waals surface area (Å²) in [6.45, 7) is 5.84. The van der Waals surface area contributed by atoms with Gasteiger partial charge in [-0.05, 0) is 49.7 Å². The van der Waals surface area contributed by atoms with Crippen molar-refractivity contribution >= 4 is 17.4 Å². The van der Waals surface area contributed by atoms with Crippen molar-refractivity contribution in [3.05, 3.63) is 53.9 Å². The van der Waals surface area contributed by atoms with E-state index in [9.17, 15) is 4.79 Å². The smallest absolute Gasteiger partial charge is 0.252 e. The average molecular weight is 396 g/mol. The number of carbonyl (C=O) groups is 1. The molecule has 154 valence electrons. The predicted octanol–water partition coefficient (Wildman–Crippen LogP) is 3.17. The minimum absolute atomic E-state index is 0.137. The maximum atomic E-state index is 12.6. The molecule has 29 heavy (non-hydrogen) atoms. The fraction of sp³-hybridized carbons (Fsp3) is 0.364. The molecule has 0 saturated carbocycles. The number of fused-ring (bicyclic) bond motifs is 1. The van der Waals surface area contributed by atoms with E-state index >= 15 is 0 Å². The largest absolute Gasteiger partial charge is 0.497 e. The molecule has 7 heteroatoms. The van der Waals surface area contributed by atoms with Crippen molar-refractivity contribution in [3.63, 3.8) is 0 Å². The highest BCUT2D eigenvalue weighted by molar-refractivity contribution is 5.94. The Hall–Kier alpha value is -3.22. The van der Waals surface area contributed by atoms with Crippen LogP contribution < -0.4 is 19.7 Å². The lowest BCUT2D eigenvalue weighted by molar-refractivity contribution is 0.0946. The summed E-state index contributed by atoms with van der Waals surface area (Å²) in [5.74, 6) is 2.41. The Morgan fingerprint density at radius 1 is 1.14 bits per heavy atom. The molecule has 1 aromatic carbocycles. The first-order valence-corrected chi connectivity index (χ1v) is 9.84. The highest BCUT2D eigenvalue weighted by Gasteiger charge is 2.15. The Bertz CT molecular complexity index is 966. The van der Waals surface area contributed by atoms with Crippen LogP contribution in [-0.2, 0) is 6.42 Å². The van der Waals surface area contributed by atoms with Crippen molar-refractivity contribution < 1.29 is 14.3 Å². The lowest BCUT2D eigenvalue weighted by Gasteiger charge is -2.18. The summed E-state index contributed by atoms with van der Waals surface area (Å²) in [5, 5.41) is 2.90. The minimum atomic E-state index is -0.137. The van der Waals surface area contributed by atoms with Crippen LogP contribution in [0.15, 0.2) is 42.6 Å². The van der Waals surface area contributed by atoms with Gasteiger partial charge in [0.05, 0.1) is 24.9 Å². The number of amides is 1. The van der Waals surface area contributed by atoms with Gasteiger partial charge in [0.25, 0.3) is 5.91 Å². The summed E-state index contributed by atoms with van der Waals surface area (Å²) in [7, 11) is 3.66. The number of hydrogen-bond donors (Lipinski definition) is 1. The van der Waals surface area contributed by atoms with Gasteiger partial charge >= 0.3 is 0 Å². The van der Waals surface area contributed by atoms with E-state index < -0.39 is 0 Å². The molecule has 1 amide bonds. The van der Waals surface area contributed by atoms with Crippen molar-refractivity contribution in [3.8, 4) is 11.5 Å². The van der Waals surface area contributed by atoms with Crippen molar-refractivity contribution in [2.45, 2.75) is 20.3 Å². The quantitative estimate of drug-likeness (QED) is 0.563. The third-order valence-electron chi connectivity index (χ3n) is 4.81. The summed E-state index contributed by atoms with van der Waals surface area (Å²) in [5.41, 5.74) is 2.46. The van der Waals surface area contributed by atoms with Gasteiger partial charge in [-0.15, -0.1) is 0 Å². The zero-order chi connectivity index (χ0) is 20.8. The Balaban J connectivity index is 1.64. The number of aryl methyl sites for hydroxylation is 1. The van der Waals surface area contributed by atoms with Gasteiger partial charge in [0, 0.05) is 19.8 Å². The molecule has 0 bridgehead atoms. The second-order valence-corrected chi connectivity index (χ2v) is 6.68. The Labute approximate surface area is 171 Å². The van der Waals surface area contributed by atoms with Crippen LogP contribution >= 0.6 is 0 Å². The zero-order valence-corrected chi connectivity index (χ0v) is 17.4. The summed E-state index contributed by atoms with van der Waals surface area (Å²) < 4.78 is 12.8. The number of anilines is 1. The van der Waals surface area contributed by atoms with Gasteiger partial charge in [-0.2, -0.15) is 0 Å². The van der Waals surface area contributed by atoms with Gasteiger partial charge in [0.15, 0.2) is 0 Å². The molecular formula is C22H28N4O3. The third kappa shape index (κ3) is 4.62. The minimum Gasteiger partial charge on any atom is -0.497 e. The van der Waals surface area contributed by atoms with E-state index in [1.165, 1.54) is 0 Å². The van der Waals surface area contributed by atoms with Crippen LogP contribution in [0.1, 0.15) is 29.9 Å². The van der Waals surface area contributed by atoms with Crippen LogP contribution in [0.3, 0.4) is 0 Å². The van der Waals surface area contributed by atoms with Crippen LogP contribution in [0.2, 0.25) is 0 Å². The van der Waals surface area contributed by atoms with E-state index in [1.54, 1.807) is 13.2 Å². The van der Waals surface area contributed by atoms with Gasteiger partial charge in [0.1, 0.15) is 29.6 Å². The van der Waals surface area contributed by atoms with Gasteiger partial charge in [0.2, 0.25) is 0 Å². The molecule has 0 aliphatic heterocycles. The predicted molar refractivity (Wildman–Crippen MR) is 114 cm³/mol. The average Bonchev–Trinajstić information content (AvgIpc) is 3.14. The Kier molecular flexibility index (Phi) is 6.59. The molecule has 7 nitrogen and oxygen atoms in total. The zero-order valence-electron chi connectivity index (χ0n) is 17.4. The first kappa shape index (κ1) is 20.5. The molecule has 0 atom stereocenters. The summed E-state index contributed by atoms with van der Waals surface area (Å²) in [6.07, 6.45) is 2.69. The molecule has 0 fully saturated rings. The van der Waals surface area contributed by atoms with Crippen LogP contribution in [0.4, 0.5) is 5.82 Å². The number of aromatic nitrogens is 2. The maximum absolute atomic E-state index is 12.6. The number of carbonyl (C=O) groups excluding carboxylic acids is 1. The molecule has 0 unspecified atom stereocenters. The first-order chi connectivity index (χ1) is 14.1. The topological polar surface area (TPSA) is 68.1 Å². The fourth-order valence-corrected chi connectivity index (χ4v) is 3.11. The number of hydrogen-bond acceptors (Lipinski definition) is 5. The number of benzene rings is 1. The highest BCUT2D eigenvalue weighted by atomic mass is 16.5. The molecule has 0 radical (unpaired) electrons. The van der Waals surface area contributed by atoms with Crippen molar-refractivity contribution in [2.75, 3.05) is 38.8 Å². The number of ether oxygens (including phenoxy) is 2. The van der Waals surface area contributed by atoms with E-state index in [-0.39, 0.29) is 5.91 Å². The molecule has 0 aliphatic rings. The summed E-state index contributed by atoms with van der Waals surface area (Å²) in [4.78, 5) is 19.4. The number of nitrogens with one attached hydrogen (secondary N) is 1. The lowest BCUT2D eigenvalue weighted by Crippen LogP contribution is -2.28. The number of imidazole rings is 1. The molecular weight excluding hydrogens is 368 g/mol. The summed E-state index contributed by atoms with van der Waals surface area (Å²) in [6, 6.07) is 11.0. The number of pyridine rings is 1. The van der Waals surface area contributed by atoms with Gasteiger partial charge < -0.3 is 19.7 Å². The Morgan fingerprint density at radius 2 is 1.86 bits per heavy atom. The van der Waals surface area contributed by atoms with Crippen LogP contribution in [0.25, 0.3) is 5.65 Å². The lowest BCUT2D eigenvalue weighted by atomic mass is 10.2. The Morgan fingerprint density at radius 3 is 2.52 bits per heavy atom. The monoisotopic (exact) mass is 396 g/mol. The van der Waals surface area contributed by atoms with E-state index in [2.05, 4.69) is 29.0 Å². The molecule has 0 saturated heterocycles. The second kappa shape index (κ2) is 9.32. The summed E-state index contributed by atoms with van der Waals surface area (Å²) >= 11 is 0. The maximum Gasteiger partial charge on any atom is 0.252 e. The SMILES string of the molecule is CCc1nc2ccc(C(=O)NCCOc3ccc(OC)cc3)cn2c1N(C)CC. The fourth-order valence-electron chi connectivity index (χ4n) is 3.11. The van der Waals surface area contributed by atoms with E-state index in [0.29, 0.717) is 18.7 Å². The van der Waals surface area contributed by atoms with Crippen LogP contribution in [0, 0.1) is 0 Å². The molecule has 1 N–H and O–H groups in total. The van der Waals surface area contributed by atoms with Gasteiger partial charge in [-0.25, -0.2) is 4.98 Å². The molecule has 2 aromatic heterocycles. The molecule has 0 spiro atoms.